The SMILES string of the molecule is O=c1c2cc(F)ccc2oc2ncccc12. The van der Waals surface area contributed by atoms with E-state index < -0.39 is 5.82 Å². The molecule has 0 atom stereocenters. The minimum Gasteiger partial charge on any atom is -0.437 e. The molecule has 4 heteroatoms. The van der Waals surface area contributed by atoms with Crippen molar-refractivity contribution in [3.63, 3.8) is 0 Å². The number of fused-ring (bicyclic) bond motifs is 2. The van der Waals surface area contributed by atoms with E-state index in [1.165, 1.54) is 18.2 Å². The van der Waals surface area contributed by atoms with Crippen molar-refractivity contribution < 1.29 is 8.81 Å². The highest BCUT2D eigenvalue weighted by Crippen LogP contribution is 2.17. The van der Waals surface area contributed by atoms with Crippen LogP contribution in [0.1, 0.15) is 0 Å². The summed E-state index contributed by atoms with van der Waals surface area (Å²) >= 11 is 0. The van der Waals surface area contributed by atoms with Crippen molar-refractivity contribution in [2.75, 3.05) is 0 Å². The summed E-state index contributed by atoms with van der Waals surface area (Å²) in [5.74, 6) is -0.456. The molecule has 1 aromatic carbocycles. The second-order valence-corrected chi connectivity index (χ2v) is 3.43. The molecule has 0 saturated heterocycles. The van der Waals surface area contributed by atoms with Gasteiger partial charge in [0.05, 0.1) is 10.8 Å². The molecule has 0 fully saturated rings. The van der Waals surface area contributed by atoms with E-state index in [4.69, 9.17) is 4.42 Å². The monoisotopic (exact) mass is 215 g/mol. The number of aromatic nitrogens is 1. The van der Waals surface area contributed by atoms with Crippen molar-refractivity contribution in [3.05, 3.63) is 52.6 Å². The maximum atomic E-state index is 13.0. The molecule has 0 saturated carbocycles. The summed E-state index contributed by atoms with van der Waals surface area (Å²) in [7, 11) is 0. The molecule has 0 spiro atoms. The number of hydrogen-bond donors (Lipinski definition) is 0. The Morgan fingerprint density at radius 1 is 1.19 bits per heavy atom. The predicted octanol–water partition coefficient (Wildman–Crippen LogP) is 2.48. The van der Waals surface area contributed by atoms with Gasteiger partial charge < -0.3 is 4.42 Å². The third kappa shape index (κ3) is 1.20. The largest absolute Gasteiger partial charge is 0.437 e. The van der Waals surface area contributed by atoms with E-state index in [1.807, 2.05) is 0 Å². The number of hydrogen-bond acceptors (Lipinski definition) is 3. The zero-order chi connectivity index (χ0) is 11.1. The summed E-state index contributed by atoms with van der Waals surface area (Å²) in [5.41, 5.74) is 0.355. The van der Waals surface area contributed by atoms with Crippen LogP contribution in [0.25, 0.3) is 22.1 Å². The van der Waals surface area contributed by atoms with Crippen LogP contribution in [-0.4, -0.2) is 4.98 Å². The number of halogens is 1. The Kier molecular flexibility index (Phi) is 1.77. The molecular weight excluding hydrogens is 209 g/mol. The average Bonchev–Trinajstić information content (AvgIpc) is 2.31. The maximum absolute atomic E-state index is 13.0. The quantitative estimate of drug-likeness (QED) is 0.541. The van der Waals surface area contributed by atoms with Gasteiger partial charge in [-0.05, 0) is 30.3 Å². The van der Waals surface area contributed by atoms with Gasteiger partial charge in [0.1, 0.15) is 11.4 Å². The highest BCUT2D eigenvalue weighted by atomic mass is 19.1. The van der Waals surface area contributed by atoms with Gasteiger partial charge in [-0.1, -0.05) is 0 Å². The van der Waals surface area contributed by atoms with Crippen molar-refractivity contribution in [2.45, 2.75) is 0 Å². The molecule has 0 radical (unpaired) electrons. The molecule has 2 heterocycles. The van der Waals surface area contributed by atoms with Gasteiger partial charge in [0, 0.05) is 6.20 Å². The Bertz CT molecular complexity index is 749. The van der Waals surface area contributed by atoms with Crippen molar-refractivity contribution in [2.24, 2.45) is 0 Å². The van der Waals surface area contributed by atoms with Crippen molar-refractivity contribution >= 4 is 22.1 Å². The summed E-state index contributed by atoms with van der Waals surface area (Å²) in [6, 6.07) is 7.11. The van der Waals surface area contributed by atoms with E-state index in [2.05, 4.69) is 4.98 Å². The van der Waals surface area contributed by atoms with Gasteiger partial charge in [-0.25, -0.2) is 9.37 Å². The van der Waals surface area contributed by atoms with Crippen molar-refractivity contribution in [3.8, 4) is 0 Å². The van der Waals surface area contributed by atoms with Crippen molar-refractivity contribution in [1.82, 2.24) is 4.98 Å². The van der Waals surface area contributed by atoms with Crippen LogP contribution in [0.5, 0.6) is 0 Å². The zero-order valence-corrected chi connectivity index (χ0v) is 8.11. The Morgan fingerprint density at radius 2 is 2.06 bits per heavy atom. The zero-order valence-electron chi connectivity index (χ0n) is 8.11. The van der Waals surface area contributed by atoms with Crippen LogP contribution in [-0.2, 0) is 0 Å². The first-order chi connectivity index (χ1) is 7.75. The highest BCUT2D eigenvalue weighted by Gasteiger charge is 2.08. The fraction of sp³-hybridized carbons (Fsp3) is 0. The molecule has 3 rings (SSSR count). The first-order valence-electron chi connectivity index (χ1n) is 4.73. The Balaban J connectivity index is 2.61. The minimum atomic E-state index is -0.456. The lowest BCUT2D eigenvalue weighted by Crippen LogP contribution is -2.02. The van der Waals surface area contributed by atoms with E-state index >= 15 is 0 Å². The maximum Gasteiger partial charge on any atom is 0.230 e. The lowest BCUT2D eigenvalue weighted by atomic mass is 10.2. The molecule has 0 unspecified atom stereocenters. The molecular formula is C12H6FNO2. The van der Waals surface area contributed by atoms with Gasteiger partial charge >= 0.3 is 0 Å². The first-order valence-corrected chi connectivity index (χ1v) is 4.73. The summed E-state index contributed by atoms with van der Waals surface area (Å²) < 4.78 is 18.4. The standard InChI is InChI=1S/C12H6FNO2/c13-7-3-4-10-9(6-7)11(15)8-2-1-5-14-12(8)16-10/h1-6H. The van der Waals surface area contributed by atoms with Crippen LogP contribution in [0.2, 0.25) is 0 Å². The molecule has 0 amide bonds. The van der Waals surface area contributed by atoms with Gasteiger partial charge in [0.15, 0.2) is 0 Å². The highest BCUT2D eigenvalue weighted by molar-refractivity contribution is 5.87. The first kappa shape index (κ1) is 9.03. The molecule has 0 aliphatic rings. The van der Waals surface area contributed by atoms with Crippen LogP contribution in [0.3, 0.4) is 0 Å². The normalized spacial score (nSPS) is 11.1. The topological polar surface area (TPSA) is 43.1 Å². The smallest absolute Gasteiger partial charge is 0.230 e. The minimum absolute atomic E-state index is 0.237. The van der Waals surface area contributed by atoms with Gasteiger partial charge in [-0.3, -0.25) is 4.79 Å². The second-order valence-electron chi connectivity index (χ2n) is 3.43. The molecule has 0 N–H and O–H groups in total. The van der Waals surface area contributed by atoms with E-state index in [0.29, 0.717) is 11.0 Å². The molecule has 3 aromatic rings. The van der Waals surface area contributed by atoms with Crippen LogP contribution < -0.4 is 5.43 Å². The third-order valence-corrected chi connectivity index (χ3v) is 2.41. The number of rotatable bonds is 0. The van der Waals surface area contributed by atoms with E-state index in [-0.39, 0.29) is 16.5 Å². The van der Waals surface area contributed by atoms with Gasteiger partial charge in [-0.15, -0.1) is 0 Å². The molecule has 2 aromatic heterocycles. The Morgan fingerprint density at radius 3 is 2.94 bits per heavy atom. The summed E-state index contributed by atoms with van der Waals surface area (Å²) in [4.78, 5) is 15.9. The van der Waals surface area contributed by atoms with E-state index in [0.717, 1.165) is 0 Å². The van der Waals surface area contributed by atoms with Gasteiger partial charge in [0.25, 0.3) is 0 Å². The summed E-state index contributed by atoms with van der Waals surface area (Å²) in [6.07, 6.45) is 1.54. The van der Waals surface area contributed by atoms with Crippen LogP contribution in [0.4, 0.5) is 4.39 Å². The summed E-state index contributed by atoms with van der Waals surface area (Å²) in [6.45, 7) is 0. The molecule has 0 aliphatic heterocycles. The summed E-state index contributed by atoms with van der Waals surface area (Å²) in [5, 5.41) is 0.598. The number of benzene rings is 1. The van der Waals surface area contributed by atoms with Gasteiger partial charge in [0.2, 0.25) is 11.1 Å². The van der Waals surface area contributed by atoms with E-state index in [9.17, 15) is 9.18 Å². The molecule has 3 nitrogen and oxygen atoms in total. The third-order valence-electron chi connectivity index (χ3n) is 2.41. The lowest BCUT2D eigenvalue weighted by Gasteiger charge is -1.99. The van der Waals surface area contributed by atoms with Crippen LogP contribution >= 0.6 is 0 Å². The fourth-order valence-corrected chi connectivity index (χ4v) is 1.66. The van der Waals surface area contributed by atoms with Crippen molar-refractivity contribution in [1.29, 1.82) is 0 Å². The van der Waals surface area contributed by atoms with E-state index in [1.54, 1.807) is 18.3 Å². The average molecular weight is 215 g/mol. The molecule has 0 bridgehead atoms. The fourth-order valence-electron chi connectivity index (χ4n) is 1.66. The predicted molar refractivity (Wildman–Crippen MR) is 57.7 cm³/mol. The number of nitrogens with zero attached hydrogens (tertiary/aromatic N) is 1. The van der Waals surface area contributed by atoms with Crippen LogP contribution in [0.15, 0.2) is 45.7 Å². The van der Waals surface area contributed by atoms with Crippen LogP contribution in [0, 0.1) is 5.82 Å². The number of pyridine rings is 1. The Labute approximate surface area is 89.1 Å². The molecule has 0 aliphatic carbocycles. The Hall–Kier alpha value is -2.23. The second kappa shape index (κ2) is 3.13. The van der Waals surface area contributed by atoms with Gasteiger partial charge in [-0.2, -0.15) is 0 Å². The molecule has 16 heavy (non-hydrogen) atoms. The lowest BCUT2D eigenvalue weighted by molar-refractivity contribution is 0.620. The molecule has 78 valence electrons.